The van der Waals surface area contributed by atoms with Gasteiger partial charge in [0.1, 0.15) is 12.7 Å². The van der Waals surface area contributed by atoms with Crippen molar-refractivity contribution >= 4 is 23.4 Å². The smallest absolute Gasteiger partial charge is 0.243 e. The minimum atomic E-state index is -0.712. The Morgan fingerprint density at radius 3 is 2.80 bits per heavy atom. The van der Waals surface area contributed by atoms with Crippen molar-refractivity contribution in [1.82, 2.24) is 25.0 Å². The maximum Gasteiger partial charge on any atom is 0.243 e. The van der Waals surface area contributed by atoms with Crippen LogP contribution in [-0.4, -0.2) is 50.1 Å². The van der Waals surface area contributed by atoms with E-state index in [2.05, 4.69) is 20.3 Å². The summed E-state index contributed by atoms with van der Waals surface area (Å²) in [6.45, 7) is 7.30. The van der Waals surface area contributed by atoms with E-state index in [1.165, 1.54) is 6.33 Å². The summed E-state index contributed by atoms with van der Waals surface area (Å²) in [6, 6.07) is 4.45. The normalized spacial score (nSPS) is 18.4. The number of carbonyl (C=O) groups excluding carboxylic acids is 2. The van der Waals surface area contributed by atoms with Crippen LogP contribution in [0.2, 0.25) is 5.02 Å². The third kappa shape index (κ3) is 5.65. The van der Waals surface area contributed by atoms with Gasteiger partial charge in [-0.3, -0.25) is 19.8 Å². The molecule has 0 unspecified atom stereocenters. The van der Waals surface area contributed by atoms with Gasteiger partial charge in [0.25, 0.3) is 0 Å². The van der Waals surface area contributed by atoms with E-state index in [4.69, 9.17) is 17.3 Å². The van der Waals surface area contributed by atoms with E-state index in [9.17, 15) is 9.59 Å². The van der Waals surface area contributed by atoms with Crippen molar-refractivity contribution in [1.29, 1.82) is 0 Å². The van der Waals surface area contributed by atoms with E-state index in [1.807, 2.05) is 32.9 Å². The van der Waals surface area contributed by atoms with Crippen LogP contribution in [0.25, 0.3) is 5.69 Å². The van der Waals surface area contributed by atoms with Gasteiger partial charge in [0.15, 0.2) is 0 Å². The molecule has 0 saturated carbocycles. The second-order valence-electron chi connectivity index (χ2n) is 8.97. The molecule has 0 aliphatic carbocycles. The third-order valence-electron chi connectivity index (χ3n) is 5.16. The molecule has 9 heteroatoms. The standard InChI is InChI=1S/C21H29ClN6O2/c1-21(2,3)10-16(23)19(29)26-20(30)18-5-4-8-27(18)11-14-9-15(22)6-7-17(14)28-13-24-12-25-28/h6-7,9,12-13,16,18H,4-5,8,10-11,23H2,1-3H3,(H,26,29,30)/t16-,18+/m1/s1. The number of nitrogens with zero attached hydrogens (tertiary/aromatic N) is 4. The molecule has 1 fully saturated rings. The molecule has 8 nitrogen and oxygen atoms in total. The van der Waals surface area contributed by atoms with Crippen LogP contribution in [0.4, 0.5) is 0 Å². The number of hydrogen-bond donors (Lipinski definition) is 2. The highest BCUT2D eigenvalue weighted by Crippen LogP contribution is 2.26. The Morgan fingerprint density at radius 2 is 2.13 bits per heavy atom. The fourth-order valence-electron chi connectivity index (χ4n) is 3.82. The fraction of sp³-hybridized carbons (Fsp3) is 0.524. The molecule has 2 heterocycles. The minimum absolute atomic E-state index is 0.0937. The maximum absolute atomic E-state index is 12.8. The number of amides is 2. The minimum Gasteiger partial charge on any atom is -0.320 e. The van der Waals surface area contributed by atoms with E-state index in [-0.39, 0.29) is 11.3 Å². The molecule has 3 rings (SSSR count). The van der Waals surface area contributed by atoms with Gasteiger partial charge in [0, 0.05) is 11.6 Å². The van der Waals surface area contributed by atoms with Gasteiger partial charge < -0.3 is 5.73 Å². The molecule has 1 aliphatic heterocycles. The molecule has 30 heavy (non-hydrogen) atoms. The summed E-state index contributed by atoms with van der Waals surface area (Å²) in [5.74, 6) is -0.723. The number of imide groups is 1. The molecule has 2 amide bonds. The van der Waals surface area contributed by atoms with E-state index in [0.717, 1.165) is 24.2 Å². The number of rotatable bonds is 6. The molecule has 3 N–H and O–H groups in total. The molecule has 1 saturated heterocycles. The zero-order valence-corrected chi connectivity index (χ0v) is 18.4. The lowest BCUT2D eigenvalue weighted by Crippen LogP contribution is -2.50. The zero-order chi connectivity index (χ0) is 21.9. The van der Waals surface area contributed by atoms with E-state index < -0.39 is 18.0 Å². The molecule has 2 atom stereocenters. The van der Waals surface area contributed by atoms with Gasteiger partial charge in [-0.15, -0.1) is 0 Å². The number of halogens is 1. The molecule has 1 aromatic carbocycles. The maximum atomic E-state index is 12.8. The van der Waals surface area contributed by atoms with Crippen molar-refractivity contribution in [2.75, 3.05) is 6.54 Å². The third-order valence-corrected chi connectivity index (χ3v) is 5.40. The van der Waals surface area contributed by atoms with Crippen LogP contribution in [0.3, 0.4) is 0 Å². The number of aromatic nitrogens is 3. The van der Waals surface area contributed by atoms with Gasteiger partial charge in [-0.25, -0.2) is 9.67 Å². The summed E-state index contributed by atoms with van der Waals surface area (Å²) < 4.78 is 1.67. The van der Waals surface area contributed by atoms with Crippen LogP contribution in [0, 0.1) is 5.41 Å². The first-order chi connectivity index (χ1) is 14.1. The Bertz CT molecular complexity index is 893. The molecule has 0 spiro atoms. The average molecular weight is 433 g/mol. The number of likely N-dealkylation sites (tertiary alicyclic amines) is 1. The summed E-state index contributed by atoms with van der Waals surface area (Å²) in [6.07, 6.45) is 5.16. The topological polar surface area (TPSA) is 106 Å². The quantitative estimate of drug-likeness (QED) is 0.725. The molecular weight excluding hydrogens is 404 g/mol. The van der Waals surface area contributed by atoms with Crippen LogP contribution >= 0.6 is 11.6 Å². The molecule has 0 radical (unpaired) electrons. The second kappa shape index (κ2) is 9.24. The van der Waals surface area contributed by atoms with E-state index >= 15 is 0 Å². The average Bonchev–Trinajstić information content (AvgIpc) is 3.32. The molecule has 0 bridgehead atoms. The second-order valence-corrected chi connectivity index (χ2v) is 9.40. The van der Waals surface area contributed by atoms with Crippen molar-refractivity contribution in [3.63, 3.8) is 0 Å². The van der Waals surface area contributed by atoms with Crippen molar-refractivity contribution in [3.05, 3.63) is 41.4 Å². The van der Waals surface area contributed by atoms with Gasteiger partial charge in [-0.05, 0) is 55.0 Å². The van der Waals surface area contributed by atoms with Crippen molar-refractivity contribution in [3.8, 4) is 5.69 Å². The first-order valence-corrected chi connectivity index (χ1v) is 10.5. The van der Waals surface area contributed by atoms with Gasteiger partial charge >= 0.3 is 0 Å². The van der Waals surface area contributed by atoms with Crippen molar-refractivity contribution in [2.24, 2.45) is 11.1 Å². The van der Waals surface area contributed by atoms with Gasteiger partial charge in [0.05, 0.1) is 17.8 Å². The predicted octanol–water partition coefficient (Wildman–Crippen LogP) is 2.29. The number of hydrogen-bond acceptors (Lipinski definition) is 6. The van der Waals surface area contributed by atoms with Crippen LogP contribution < -0.4 is 11.1 Å². The summed E-state index contributed by atoms with van der Waals surface area (Å²) in [5.41, 5.74) is 7.68. The monoisotopic (exact) mass is 432 g/mol. The van der Waals surface area contributed by atoms with Gasteiger partial charge in [-0.2, -0.15) is 5.10 Å². The van der Waals surface area contributed by atoms with Crippen molar-refractivity contribution < 1.29 is 9.59 Å². The molecule has 2 aromatic rings. The Morgan fingerprint density at radius 1 is 1.37 bits per heavy atom. The highest BCUT2D eigenvalue weighted by atomic mass is 35.5. The lowest BCUT2D eigenvalue weighted by molar-refractivity contribution is -0.134. The van der Waals surface area contributed by atoms with Crippen LogP contribution in [-0.2, 0) is 16.1 Å². The zero-order valence-electron chi connectivity index (χ0n) is 17.6. The SMILES string of the molecule is CC(C)(C)C[C@@H](N)C(=O)NC(=O)[C@@H]1CCCN1Cc1cc(Cl)ccc1-n1cncn1. The van der Waals surface area contributed by atoms with E-state index in [1.54, 1.807) is 17.1 Å². The van der Waals surface area contributed by atoms with Gasteiger partial charge in [0.2, 0.25) is 11.8 Å². The number of carbonyl (C=O) groups is 2. The summed E-state index contributed by atoms with van der Waals surface area (Å²) in [4.78, 5) is 31.3. The Hall–Kier alpha value is -2.29. The molecule has 1 aliphatic rings. The van der Waals surface area contributed by atoms with Crippen LogP contribution in [0.1, 0.15) is 45.6 Å². The highest BCUT2D eigenvalue weighted by molar-refractivity contribution is 6.30. The van der Waals surface area contributed by atoms with Crippen LogP contribution in [0.15, 0.2) is 30.9 Å². The summed E-state index contributed by atoms with van der Waals surface area (Å²) in [5, 5.41) is 7.32. The Balaban J connectivity index is 1.70. The number of benzene rings is 1. The summed E-state index contributed by atoms with van der Waals surface area (Å²) in [7, 11) is 0. The number of nitrogens with one attached hydrogen (secondary N) is 1. The summed E-state index contributed by atoms with van der Waals surface area (Å²) >= 11 is 6.22. The first kappa shape index (κ1) is 22.4. The lowest BCUT2D eigenvalue weighted by atomic mass is 9.88. The van der Waals surface area contributed by atoms with Crippen molar-refractivity contribution in [2.45, 2.75) is 58.7 Å². The van der Waals surface area contributed by atoms with Crippen LogP contribution in [0.5, 0.6) is 0 Å². The fourth-order valence-corrected chi connectivity index (χ4v) is 4.01. The molecule has 1 aromatic heterocycles. The van der Waals surface area contributed by atoms with E-state index in [0.29, 0.717) is 24.4 Å². The predicted molar refractivity (Wildman–Crippen MR) is 115 cm³/mol. The Labute approximate surface area is 181 Å². The molecule has 162 valence electrons. The largest absolute Gasteiger partial charge is 0.320 e. The lowest BCUT2D eigenvalue weighted by Gasteiger charge is -2.26. The molecular formula is C21H29ClN6O2. The van der Waals surface area contributed by atoms with Gasteiger partial charge in [-0.1, -0.05) is 32.4 Å². The number of nitrogens with two attached hydrogens (primary N) is 1. The first-order valence-electron chi connectivity index (χ1n) is 10.1. The Kier molecular flexibility index (Phi) is 6.90. The highest BCUT2D eigenvalue weighted by Gasteiger charge is 2.33.